The van der Waals surface area contributed by atoms with Crippen LogP contribution < -0.4 is 0 Å². The van der Waals surface area contributed by atoms with Crippen molar-refractivity contribution in [2.75, 3.05) is 19.6 Å². The number of likely N-dealkylation sites (tertiary alicyclic amines) is 2. The maximum absolute atomic E-state index is 12.7. The van der Waals surface area contributed by atoms with Crippen LogP contribution in [0.3, 0.4) is 0 Å². The number of nitrogens with zero attached hydrogens (tertiary/aromatic N) is 4. The summed E-state index contributed by atoms with van der Waals surface area (Å²) >= 11 is 0. The van der Waals surface area contributed by atoms with E-state index in [1.807, 2.05) is 18.7 Å². The molecule has 2 fully saturated rings. The Morgan fingerprint density at radius 3 is 2.64 bits per heavy atom. The molecule has 1 amide bonds. The van der Waals surface area contributed by atoms with Crippen LogP contribution in [0.5, 0.6) is 0 Å². The zero-order valence-corrected chi connectivity index (χ0v) is 15.0. The van der Waals surface area contributed by atoms with Crippen LogP contribution in [-0.2, 0) is 6.54 Å². The lowest BCUT2D eigenvalue weighted by atomic mass is 9.77. The molecule has 134 valence electrons. The molecule has 0 bridgehead atoms. The van der Waals surface area contributed by atoms with Gasteiger partial charge >= 0.3 is 0 Å². The van der Waals surface area contributed by atoms with Crippen LogP contribution in [0.25, 0.3) is 0 Å². The lowest BCUT2D eigenvalue weighted by Crippen LogP contribution is -2.67. The Labute approximate surface area is 146 Å². The highest BCUT2D eigenvalue weighted by Crippen LogP contribution is 2.40. The van der Waals surface area contributed by atoms with Gasteiger partial charge in [0.05, 0.1) is 5.69 Å². The van der Waals surface area contributed by atoms with Gasteiger partial charge in [0.25, 0.3) is 5.91 Å². The summed E-state index contributed by atoms with van der Waals surface area (Å²) in [7, 11) is 0. The molecule has 1 atom stereocenters. The van der Waals surface area contributed by atoms with Crippen LogP contribution in [0.4, 0.5) is 0 Å². The number of hydrogen-bond acceptors (Lipinski definition) is 6. The van der Waals surface area contributed by atoms with E-state index >= 15 is 0 Å². The van der Waals surface area contributed by atoms with E-state index in [4.69, 9.17) is 9.05 Å². The molecule has 0 N–H and O–H groups in total. The highest BCUT2D eigenvalue weighted by molar-refractivity contribution is 5.92. The number of carbonyl (C=O) groups is 1. The van der Waals surface area contributed by atoms with Gasteiger partial charge in [0.1, 0.15) is 11.5 Å². The number of hydrogen-bond donors (Lipinski definition) is 0. The molecule has 7 nitrogen and oxygen atoms in total. The van der Waals surface area contributed by atoms with Gasteiger partial charge in [-0.05, 0) is 40.0 Å². The molecule has 0 saturated carbocycles. The van der Waals surface area contributed by atoms with Crippen LogP contribution in [0, 0.1) is 20.8 Å². The van der Waals surface area contributed by atoms with E-state index in [0.29, 0.717) is 11.5 Å². The van der Waals surface area contributed by atoms with E-state index < -0.39 is 0 Å². The maximum atomic E-state index is 12.7. The minimum Gasteiger partial charge on any atom is -0.361 e. The monoisotopic (exact) mass is 344 g/mol. The number of rotatable bonds is 3. The zero-order chi connectivity index (χ0) is 17.6. The van der Waals surface area contributed by atoms with Crippen LogP contribution in [0.1, 0.15) is 52.5 Å². The van der Waals surface area contributed by atoms with E-state index in [9.17, 15) is 4.79 Å². The SMILES string of the molecule is Cc1cc(C(=O)N2CCCC3(CCN3Cc3c(C)noc3C)C2)no1. The predicted octanol–water partition coefficient (Wildman–Crippen LogP) is 2.47. The molecule has 4 heterocycles. The number of carbonyl (C=O) groups excluding carboxylic acids is 1. The van der Waals surface area contributed by atoms with Crippen molar-refractivity contribution in [1.82, 2.24) is 20.1 Å². The minimum atomic E-state index is -0.0277. The van der Waals surface area contributed by atoms with E-state index in [1.54, 1.807) is 13.0 Å². The summed E-state index contributed by atoms with van der Waals surface area (Å²) in [5.41, 5.74) is 2.62. The molecule has 1 spiro atoms. The smallest absolute Gasteiger partial charge is 0.276 e. The number of aryl methyl sites for hydroxylation is 3. The first-order chi connectivity index (χ1) is 12.0. The van der Waals surface area contributed by atoms with Crippen LogP contribution >= 0.6 is 0 Å². The van der Waals surface area contributed by atoms with Crippen molar-refractivity contribution in [3.05, 3.63) is 34.5 Å². The predicted molar refractivity (Wildman–Crippen MR) is 90.1 cm³/mol. The molecular weight excluding hydrogens is 320 g/mol. The van der Waals surface area contributed by atoms with Gasteiger partial charge in [0.15, 0.2) is 5.69 Å². The van der Waals surface area contributed by atoms with Gasteiger partial charge in [-0.3, -0.25) is 9.69 Å². The first-order valence-electron chi connectivity index (χ1n) is 8.88. The van der Waals surface area contributed by atoms with Gasteiger partial charge < -0.3 is 13.9 Å². The Balaban J connectivity index is 1.49. The standard InChI is InChI=1S/C18H24N4O3/c1-12-9-16(20-24-12)17(23)21-7-4-5-18(11-21)6-8-22(18)10-15-13(2)19-25-14(15)3/h9H,4-8,10-11H2,1-3H3. The quantitative estimate of drug-likeness (QED) is 0.851. The normalized spacial score (nSPS) is 23.9. The summed E-state index contributed by atoms with van der Waals surface area (Å²) < 4.78 is 10.4. The average molecular weight is 344 g/mol. The summed E-state index contributed by atoms with van der Waals surface area (Å²) in [4.78, 5) is 17.1. The summed E-state index contributed by atoms with van der Waals surface area (Å²) in [5.74, 6) is 1.53. The molecular formula is C18H24N4O3. The molecule has 4 rings (SSSR count). The summed E-state index contributed by atoms with van der Waals surface area (Å²) in [5, 5.41) is 7.95. The third-order valence-corrected chi connectivity index (χ3v) is 5.74. The zero-order valence-electron chi connectivity index (χ0n) is 15.0. The lowest BCUT2D eigenvalue weighted by molar-refractivity contribution is -0.0652. The van der Waals surface area contributed by atoms with E-state index in [0.717, 1.165) is 56.9 Å². The topological polar surface area (TPSA) is 75.6 Å². The molecule has 0 radical (unpaired) electrons. The molecule has 0 aliphatic carbocycles. The first kappa shape index (κ1) is 16.3. The second kappa shape index (κ2) is 5.98. The Hall–Kier alpha value is -2.15. The van der Waals surface area contributed by atoms with Gasteiger partial charge in [-0.15, -0.1) is 0 Å². The minimum absolute atomic E-state index is 0.0277. The molecule has 0 aromatic carbocycles. The third kappa shape index (κ3) is 2.76. The molecule has 7 heteroatoms. The van der Waals surface area contributed by atoms with Crippen molar-refractivity contribution in [3.8, 4) is 0 Å². The van der Waals surface area contributed by atoms with Crippen LogP contribution in [0.2, 0.25) is 0 Å². The van der Waals surface area contributed by atoms with Crippen LogP contribution in [-0.4, -0.2) is 51.2 Å². The van der Waals surface area contributed by atoms with Gasteiger partial charge in [-0.2, -0.15) is 0 Å². The van der Waals surface area contributed by atoms with Gasteiger partial charge in [-0.25, -0.2) is 0 Å². The van der Waals surface area contributed by atoms with Crippen molar-refractivity contribution in [2.24, 2.45) is 0 Å². The van der Waals surface area contributed by atoms with Crippen molar-refractivity contribution < 1.29 is 13.8 Å². The Morgan fingerprint density at radius 1 is 1.20 bits per heavy atom. The Bertz CT molecular complexity index is 777. The summed E-state index contributed by atoms with van der Waals surface area (Å²) in [6.07, 6.45) is 3.26. The first-order valence-corrected chi connectivity index (χ1v) is 8.88. The number of aromatic nitrogens is 2. The molecule has 2 aliphatic heterocycles. The maximum Gasteiger partial charge on any atom is 0.276 e. The Kier molecular flexibility index (Phi) is 3.91. The fourth-order valence-corrected chi connectivity index (χ4v) is 4.13. The van der Waals surface area contributed by atoms with E-state index in [-0.39, 0.29) is 11.4 Å². The molecule has 25 heavy (non-hydrogen) atoms. The average Bonchev–Trinajstić information content (AvgIpc) is 3.17. The third-order valence-electron chi connectivity index (χ3n) is 5.74. The van der Waals surface area contributed by atoms with Gasteiger partial charge in [0, 0.05) is 43.3 Å². The summed E-state index contributed by atoms with van der Waals surface area (Å²) in [6, 6.07) is 1.71. The van der Waals surface area contributed by atoms with Crippen molar-refractivity contribution >= 4 is 5.91 Å². The molecule has 2 aromatic rings. The molecule has 2 saturated heterocycles. The molecule has 2 aliphatic rings. The Morgan fingerprint density at radius 2 is 2.04 bits per heavy atom. The van der Waals surface area contributed by atoms with Crippen LogP contribution in [0.15, 0.2) is 15.1 Å². The number of amides is 1. The van der Waals surface area contributed by atoms with Crippen molar-refractivity contribution in [1.29, 1.82) is 0 Å². The molecule has 1 unspecified atom stereocenters. The van der Waals surface area contributed by atoms with Gasteiger partial charge in [-0.1, -0.05) is 10.3 Å². The number of piperidine rings is 1. The fourth-order valence-electron chi connectivity index (χ4n) is 4.13. The van der Waals surface area contributed by atoms with Crippen molar-refractivity contribution in [2.45, 2.75) is 52.1 Å². The second-order valence-electron chi connectivity index (χ2n) is 7.35. The highest BCUT2D eigenvalue weighted by Gasteiger charge is 2.48. The summed E-state index contributed by atoms with van der Waals surface area (Å²) in [6.45, 7) is 9.18. The van der Waals surface area contributed by atoms with Crippen molar-refractivity contribution in [3.63, 3.8) is 0 Å². The van der Waals surface area contributed by atoms with E-state index in [1.165, 1.54) is 5.56 Å². The lowest BCUT2D eigenvalue weighted by Gasteiger charge is -2.57. The molecule has 2 aromatic heterocycles. The van der Waals surface area contributed by atoms with Gasteiger partial charge in [0.2, 0.25) is 0 Å². The largest absolute Gasteiger partial charge is 0.361 e. The highest BCUT2D eigenvalue weighted by atomic mass is 16.5. The fraction of sp³-hybridized carbons (Fsp3) is 0.611. The van der Waals surface area contributed by atoms with E-state index in [2.05, 4.69) is 15.2 Å². The second-order valence-corrected chi connectivity index (χ2v) is 7.35.